The first-order chi connectivity index (χ1) is 8.00. The number of ether oxygens (including phenoxy) is 1. The lowest BCUT2D eigenvalue weighted by atomic mass is 9.92. The number of rotatable bonds is 5. The number of hydrogen-bond acceptors (Lipinski definition) is 5. The number of carbonyl (C=O) groups excluding carboxylic acids is 1. The summed E-state index contributed by atoms with van der Waals surface area (Å²) in [6.45, 7) is 0.897. The van der Waals surface area contributed by atoms with E-state index in [4.69, 9.17) is 5.11 Å². The Morgan fingerprint density at radius 2 is 2.18 bits per heavy atom. The predicted molar refractivity (Wildman–Crippen MR) is 59.5 cm³/mol. The molecule has 1 fully saturated rings. The molecule has 0 saturated carbocycles. The van der Waals surface area contributed by atoms with E-state index in [1.165, 1.54) is 0 Å². The van der Waals surface area contributed by atoms with E-state index in [1.807, 2.05) is 0 Å². The summed E-state index contributed by atoms with van der Waals surface area (Å²) in [7, 11) is 1.06. The number of carboxylic acids is 1. The Kier molecular flexibility index (Phi) is 4.89. The largest absolute Gasteiger partial charge is 0.479 e. The van der Waals surface area contributed by atoms with Gasteiger partial charge in [0.15, 0.2) is 0 Å². The Hall–Kier alpha value is -1.14. The maximum absolute atomic E-state index is 11.3. The van der Waals surface area contributed by atoms with Crippen molar-refractivity contribution in [2.75, 3.05) is 13.7 Å². The molecule has 1 aliphatic rings. The monoisotopic (exact) mass is 245 g/mol. The maximum Gasteiger partial charge on any atom is 0.349 e. The van der Waals surface area contributed by atoms with Crippen LogP contribution in [0.3, 0.4) is 0 Å². The standard InChI is InChI=1S/C11H19NO5/c1-17-10(15)11(16,9(13)14)6-5-8-4-2-3-7-12-8/h8,12,16H,2-7H2,1H3,(H,13,14). The molecule has 6 heteroatoms. The molecule has 0 spiro atoms. The zero-order valence-electron chi connectivity index (χ0n) is 9.94. The smallest absolute Gasteiger partial charge is 0.349 e. The van der Waals surface area contributed by atoms with Crippen LogP contribution in [0.2, 0.25) is 0 Å². The summed E-state index contributed by atoms with van der Waals surface area (Å²) < 4.78 is 4.33. The molecule has 0 aromatic heterocycles. The highest BCUT2D eigenvalue weighted by molar-refractivity contribution is 6.02. The predicted octanol–water partition coefficient (Wildman–Crippen LogP) is -0.103. The van der Waals surface area contributed by atoms with Gasteiger partial charge in [0, 0.05) is 6.04 Å². The van der Waals surface area contributed by atoms with Crippen LogP contribution < -0.4 is 5.32 Å². The van der Waals surface area contributed by atoms with E-state index in [0.29, 0.717) is 6.42 Å². The highest BCUT2D eigenvalue weighted by Gasteiger charge is 2.45. The van der Waals surface area contributed by atoms with E-state index in [2.05, 4.69) is 10.1 Å². The molecule has 0 aromatic carbocycles. The molecule has 0 radical (unpaired) electrons. The van der Waals surface area contributed by atoms with Crippen LogP contribution in [-0.4, -0.2) is 47.4 Å². The minimum Gasteiger partial charge on any atom is -0.479 e. The van der Waals surface area contributed by atoms with Gasteiger partial charge in [-0.15, -0.1) is 0 Å². The van der Waals surface area contributed by atoms with Crippen LogP contribution in [0, 0.1) is 0 Å². The van der Waals surface area contributed by atoms with Gasteiger partial charge in [0.1, 0.15) is 0 Å². The van der Waals surface area contributed by atoms with E-state index in [0.717, 1.165) is 32.9 Å². The number of carbonyl (C=O) groups is 2. The van der Waals surface area contributed by atoms with Crippen LogP contribution in [-0.2, 0) is 14.3 Å². The Labute approximate surface area is 100.0 Å². The molecule has 3 N–H and O–H groups in total. The van der Waals surface area contributed by atoms with Crippen molar-refractivity contribution in [1.82, 2.24) is 5.32 Å². The van der Waals surface area contributed by atoms with E-state index < -0.39 is 17.5 Å². The van der Waals surface area contributed by atoms with Crippen molar-refractivity contribution in [2.45, 2.75) is 43.7 Å². The van der Waals surface area contributed by atoms with Gasteiger partial charge in [-0.25, -0.2) is 9.59 Å². The van der Waals surface area contributed by atoms with Crippen LogP contribution >= 0.6 is 0 Å². The number of nitrogens with one attached hydrogen (secondary N) is 1. The molecule has 6 nitrogen and oxygen atoms in total. The Balaban J connectivity index is 2.54. The number of aliphatic hydroxyl groups is 1. The Morgan fingerprint density at radius 1 is 1.47 bits per heavy atom. The molecule has 0 bridgehead atoms. The first kappa shape index (κ1) is 13.9. The second kappa shape index (κ2) is 5.97. The summed E-state index contributed by atoms with van der Waals surface area (Å²) in [5.74, 6) is -2.67. The van der Waals surface area contributed by atoms with Gasteiger partial charge in [-0.1, -0.05) is 6.42 Å². The van der Waals surface area contributed by atoms with Crippen molar-refractivity contribution < 1.29 is 24.5 Å². The highest BCUT2D eigenvalue weighted by atomic mass is 16.5. The fourth-order valence-corrected chi connectivity index (χ4v) is 2.02. The van der Waals surface area contributed by atoms with Crippen LogP contribution in [0.1, 0.15) is 32.1 Å². The zero-order chi connectivity index (χ0) is 12.9. The van der Waals surface area contributed by atoms with Gasteiger partial charge in [-0.05, 0) is 32.2 Å². The first-order valence-electron chi connectivity index (χ1n) is 5.78. The molecule has 98 valence electrons. The van der Waals surface area contributed by atoms with Crippen LogP contribution in [0.5, 0.6) is 0 Å². The average Bonchev–Trinajstić information content (AvgIpc) is 2.35. The van der Waals surface area contributed by atoms with Gasteiger partial charge < -0.3 is 20.3 Å². The van der Waals surface area contributed by atoms with Crippen molar-refractivity contribution in [1.29, 1.82) is 0 Å². The number of methoxy groups -OCH3 is 1. The summed E-state index contributed by atoms with van der Waals surface area (Å²) in [5, 5.41) is 21.9. The fraction of sp³-hybridized carbons (Fsp3) is 0.818. The van der Waals surface area contributed by atoms with Crippen molar-refractivity contribution in [3.05, 3.63) is 0 Å². The summed E-state index contributed by atoms with van der Waals surface area (Å²) in [6, 6.07) is 0.166. The highest BCUT2D eigenvalue weighted by Crippen LogP contribution is 2.20. The SMILES string of the molecule is COC(=O)C(O)(CCC1CCCCN1)C(=O)O. The van der Waals surface area contributed by atoms with Crippen LogP contribution in [0.4, 0.5) is 0 Å². The molecule has 0 aromatic rings. The first-order valence-corrected chi connectivity index (χ1v) is 5.78. The van der Waals surface area contributed by atoms with Gasteiger partial charge in [0.25, 0.3) is 5.60 Å². The molecule has 17 heavy (non-hydrogen) atoms. The maximum atomic E-state index is 11.3. The fourth-order valence-electron chi connectivity index (χ4n) is 2.02. The number of hydrogen-bond donors (Lipinski definition) is 3. The minimum atomic E-state index is -2.42. The zero-order valence-corrected chi connectivity index (χ0v) is 9.94. The molecule has 0 aliphatic carbocycles. The molecular weight excluding hydrogens is 226 g/mol. The Bertz CT molecular complexity index is 288. The van der Waals surface area contributed by atoms with Gasteiger partial charge in [-0.2, -0.15) is 0 Å². The molecule has 1 rings (SSSR count). The summed E-state index contributed by atoms with van der Waals surface area (Å²) in [6.07, 6.45) is 3.44. The molecule has 1 aliphatic heterocycles. The van der Waals surface area contributed by atoms with Crippen molar-refractivity contribution in [2.24, 2.45) is 0 Å². The summed E-state index contributed by atoms with van der Waals surface area (Å²) in [4.78, 5) is 22.2. The normalized spacial score (nSPS) is 23.8. The minimum absolute atomic E-state index is 0.132. The topological polar surface area (TPSA) is 95.9 Å². The van der Waals surface area contributed by atoms with E-state index >= 15 is 0 Å². The number of aliphatic carboxylic acids is 1. The van der Waals surface area contributed by atoms with Crippen LogP contribution in [0.25, 0.3) is 0 Å². The summed E-state index contributed by atoms with van der Waals surface area (Å²) >= 11 is 0. The molecule has 1 saturated heterocycles. The number of carboxylic acid groups (broad SMARTS) is 1. The second-order valence-corrected chi connectivity index (χ2v) is 4.34. The van der Waals surface area contributed by atoms with Gasteiger partial charge >= 0.3 is 11.9 Å². The summed E-state index contributed by atoms with van der Waals surface area (Å²) in [5.41, 5.74) is -2.42. The molecule has 2 unspecified atom stereocenters. The molecular formula is C11H19NO5. The second-order valence-electron chi connectivity index (χ2n) is 4.34. The third-order valence-electron chi connectivity index (χ3n) is 3.14. The molecule has 1 heterocycles. The molecule has 0 amide bonds. The van der Waals surface area contributed by atoms with Crippen molar-refractivity contribution in [3.8, 4) is 0 Å². The quantitative estimate of drug-likeness (QED) is 0.462. The van der Waals surface area contributed by atoms with E-state index in [1.54, 1.807) is 0 Å². The number of piperidine rings is 1. The van der Waals surface area contributed by atoms with E-state index in [9.17, 15) is 14.7 Å². The van der Waals surface area contributed by atoms with Gasteiger partial charge in [0.05, 0.1) is 7.11 Å². The lowest BCUT2D eigenvalue weighted by Crippen LogP contribution is -2.48. The van der Waals surface area contributed by atoms with Gasteiger partial charge in [0.2, 0.25) is 0 Å². The third kappa shape index (κ3) is 3.41. The lowest BCUT2D eigenvalue weighted by Gasteiger charge is -2.26. The van der Waals surface area contributed by atoms with Crippen molar-refractivity contribution >= 4 is 11.9 Å². The number of esters is 1. The lowest BCUT2D eigenvalue weighted by molar-refractivity contribution is -0.179. The molecule has 2 atom stereocenters. The van der Waals surface area contributed by atoms with Gasteiger partial charge in [-0.3, -0.25) is 0 Å². The van der Waals surface area contributed by atoms with E-state index in [-0.39, 0.29) is 12.5 Å². The Morgan fingerprint density at radius 3 is 2.65 bits per heavy atom. The third-order valence-corrected chi connectivity index (χ3v) is 3.14. The average molecular weight is 245 g/mol. The van der Waals surface area contributed by atoms with Crippen molar-refractivity contribution in [3.63, 3.8) is 0 Å². The van der Waals surface area contributed by atoms with Crippen LogP contribution in [0.15, 0.2) is 0 Å².